The number of halogens is 1. The number of benzene rings is 2. The summed E-state index contributed by atoms with van der Waals surface area (Å²) in [5, 5.41) is 2.85. The highest BCUT2D eigenvalue weighted by Gasteiger charge is 2.09. The standard InChI is InChI=1S/C17H18FNO2/c1-12-4-3-5-15(17(12)21-2)19-16(20)11-8-13-6-9-14(18)10-7-13/h3-7,9-10H,8,11H2,1-2H3,(H,19,20). The monoisotopic (exact) mass is 287 g/mol. The molecule has 0 aromatic heterocycles. The minimum atomic E-state index is -0.271. The summed E-state index contributed by atoms with van der Waals surface area (Å²) in [4.78, 5) is 12.0. The number of para-hydroxylation sites is 1. The molecule has 2 aromatic carbocycles. The molecule has 2 aromatic rings. The van der Waals surface area contributed by atoms with Gasteiger partial charge in [-0.05, 0) is 42.7 Å². The Morgan fingerprint density at radius 3 is 2.57 bits per heavy atom. The lowest BCUT2D eigenvalue weighted by atomic mass is 10.1. The van der Waals surface area contributed by atoms with Crippen molar-refractivity contribution in [1.29, 1.82) is 0 Å². The van der Waals surface area contributed by atoms with Crippen LogP contribution in [0.5, 0.6) is 5.75 Å². The molecular weight excluding hydrogens is 269 g/mol. The summed E-state index contributed by atoms with van der Waals surface area (Å²) in [5.74, 6) is 0.309. The first-order valence-electron chi connectivity index (χ1n) is 6.78. The quantitative estimate of drug-likeness (QED) is 0.910. The molecule has 0 aliphatic heterocycles. The molecule has 0 aliphatic rings. The average molecular weight is 287 g/mol. The number of methoxy groups -OCH3 is 1. The van der Waals surface area contributed by atoms with Crippen molar-refractivity contribution < 1.29 is 13.9 Å². The molecule has 1 N–H and O–H groups in total. The first-order chi connectivity index (χ1) is 10.1. The lowest BCUT2D eigenvalue weighted by Gasteiger charge is -2.12. The highest BCUT2D eigenvalue weighted by molar-refractivity contribution is 5.92. The highest BCUT2D eigenvalue weighted by Crippen LogP contribution is 2.28. The Morgan fingerprint density at radius 2 is 1.90 bits per heavy atom. The van der Waals surface area contributed by atoms with Crippen molar-refractivity contribution in [2.75, 3.05) is 12.4 Å². The normalized spacial score (nSPS) is 10.2. The minimum Gasteiger partial charge on any atom is -0.494 e. The molecule has 0 radical (unpaired) electrons. The Bertz CT molecular complexity index is 623. The number of carbonyl (C=O) groups is 1. The van der Waals surface area contributed by atoms with E-state index in [1.54, 1.807) is 19.2 Å². The lowest BCUT2D eigenvalue weighted by Crippen LogP contribution is -2.13. The van der Waals surface area contributed by atoms with Crippen molar-refractivity contribution in [2.45, 2.75) is 19.8 Å². The number of nitrogens with one attached hydrogen (secondary N) is 1. The number of amides is 1. The second-order valence-corrected chi connectivity index (χ2v) is 4.83. The second-order valence-electron chi connectivity index (χ2n) is 4.83. The number of aryl methyl sites for hydroxylation is 2. The Balaban J connectivity index is 1.96. The van der Waals surface area contributed by atoms with Crippen LogP contribution in [0.1, 0.15) is 17.5 Å². The van der Waals surface area contributed by atoms with Crippen LogP contribution in [0.3, 0.4) is 0 Å². The molecule has 110 valence electrons. The van der Waals surface area contributed by atoms with Crippen LogP contribution in [0, 0.1) is 12.7 Å². The zero-order valence-electron chi connectivity index (χ0n) is 12.2. The van der Waals surface area contributed by atoms with Gasteiger partial charge in [-0.15, -0.1) is 0 Å². The van der Waals surface area contributed by atoms with Crippen LogP contribution in [0.2, 0.25) is 0 Å². The van der Waals surface area contributed by atoms with Gasteiger partial charge in [0.05, 0.1) is 12.8 Å². The molecule has 1 amide bonds. The van der Waals surface area contributed by atoms with Crippen molar-refractivity contribution >= 4 is 11.6 Å². The predicted octanol–water partition coefficient (Wildman–Crippen LogP) is 3.71. The third-order valence-electron chi connectivity index (χ3n) is 3.24. The summed E-state index contributed by atoms with van der Waals surface area (Å²) < 4.78 is 18.1. The zero-order valence-corrected chi connectivity index (χ0v) is 12.2. The molecule has 0 bridgehead atoms. The molecule has 0 saturated carbocycles. The van der Waals surface area contributed by atoms with Gasteiger partial charge in [0, 0.05) is 6.42 Å². The largest absolute Gasteiger partial charge is 0.494 e. The van der Waals surface area contributed by atoms with Crippen molar-refractivity contribution in [3.8, 4) is 5.75 Å². The maximum atomic E-state index is 12.8. The molecular formula is C17H18FNO2. The SMILES string of the molecule is COc1c(C)cccc1NC(=O)CCc1ccc(F)cc1. The second kappa shape index (κ2) is 6.88. The smallest absolute Gasteiger partial charge is 0.224 e. The molecule has 0 aliphatic carbocycles. The van der Waals surface area contributed by atoms with Crippen LogP contribution in [0.4, 0.5) is 10.1 Å². The number of hydrogen-bond donors (Lipinski definition) is 1. The Kier molecular flexibility index (Phi) is 4.93. The number of carbonyl (C=O) groups excluding carboxylic acids is 1. The van der Waals surface area contributed by atoms with E-state index >= 15 is 0 Å². The number of rotatable bonds is 5. The van der Waals surface area contributed by atoms with Crippen LogP contribution in [0.15, 0.2) is 42.5 Å². The van der Waals surface area contributed by atoms with Crippen molar-refractivity contribution in [3.05, 3.63) is 59.4 Å². The van der Waals surface area contributed by atoms with Gasteiger partial charge in [0.15, 0.2) is 0 Å². The minimum absolute atomic E-state index is 0.0942. The van der Waals surface area contributed by atoms with E-state index in [-0.39, 0.29) is 11.7 Å². The molecule has 0 atom stereocenters. The maximum absolute atomic E-state index is 12.8. The van der Waals surface area contributed by atoms with E-state index in [1.807, 2.05) is 25.1 Å². The van der Waals surface area contributed by atoms with E-state index in [4.69, 9.17) is 4.74 Å². The molecule has 0 spiro atoms. The van der Waals surface area contributed by atoms with Crippen molar-refractivity contribution in [2.24, 2.45) is 0 Å². The summed E-state index contributed by atoms with van der Waals surface area (Å²) in [5.41, 5.74) is 2.57. The Morgan fingerprint density at radius 1 is 1.19 bits per heavy atom. The zero-order chi connectivity index (χ0) is 15.2. The molecule has 4 heteroatoms. The molecule has 0 unspecified atom stereocenters. The fourth-order valence-electron chi connectivity index (χ4n) is 2.14. The number of hydrogen-bond acceptors (Lipinski definition) is 2. The highest BCUT2D eigenvalue weighted by atomic mass is 19.1. The molecule has 0 saturated heterocycles. The van der Waals surface area contributed by atoms with Gasteiger partial charge < -0.3 is 10.1 Å². The molecule has 21 heavy (non-hydrogen) atoms. The van der Waals surface area contributed by atoms with E-state index in [1.165, 1.54) is 12.1 Å². The van der Waals surface area contributed by atoms with Gasteiger partial charge in [0.2, 0.25) is 5.91 Å². The fourth-order valence-corrected chi connectivity index (χ4v) is 2.14. The van der Waals surface area contributed by atoms with Gasteiger partial charge in [0.25, 0.3) is 0 Å². The van der Waals surface area contributed by atoms with E-state index < -0.39 is 0 Å². The first-order valence-corrected chi connectivity index (χ1v) is 6.78. The summed E-state index contributed by atoms with van der Waals surface area (Å²) >= 11 is 0. The van der Waals surface area contributed by atoms with Crippen LogP contribution >= 0.6 is 0 Å². The van der Waals surface area contributed by atoms with Gasteiger partial charge in [-0.1, -0.05) is 24.3 Å². The lowest BCUT2D eigenvalue weighted by molar-refractivity contribution is -0.116. The molecule has 0 heterocycles. The number of ether oxygens (including phenoxy) is 1. The van der Waals surface area contributed by atoms with Crippen molar-refractivity contribution in [3.63, 3.8) is 0 Å². The molecule has 2 rings (SSSR count). The molecule has 0 fully saturated rings. The number of anilines is 1. The van der Waals surface area contributed by atoms with E-state index in [2.05, 4.69) is 5.32 Å². The van der Waals surface area contributed by atoms with E-state index in [0.29, 0.717) is 24.3 Å². The third kappa shape index (κ3) is 4.05. The molecule has 3 nitrogen and oxygen atoms in total. The topological polar surface area (TPSA) is 38.3 Å². The van der Waals surface area contributed by atoms with Gasteiger partial charge in [-0.3, -0.25) is 4.79 Å². The maximum Gasteiger partial charge on any atom is 0.224 e. The summed E-state index contributed by atoms with van der Waals surface area (Å²) in [6.45, 7) is 1.92. The van der Waals surface area contributed by atoms with Gasteiger partial charge in [-0.25, -0.2) is 4.39 Å². The average Bonchev–Trinajstić information content (AvgIpc) is 2.47. The van der Waals surface area contributed by atoms with Gasteiger partial charge in [0.1, 0.15) is 11.6 Å². The Hall–Kier alpha value is -2.36. The third-order valence-corrected chi connectivity index (χ3v) is 3.24. The van der Waals surface area contributed by atoms with Crippen LogP contribution in [0.25, 0.3) is 0 Å². The van der Waals surface area contributed by atoms with Crippen LogP contribution in [-0.4, -0.2) is 13.0 Å². The van der Waals surface area contributed by atoms with Crippen LogP contribution in [-0.2, 0) is 11.2 Å². The summed E-state index contributed by atoms with van der Waals surface area (Å²) in [6.07, 6.45) is 0.906. The van der Waals surface area contributed by atoms with Gasteiger partial charge in [-0.2, -0.15) is 0 Å². The van der Waals surface area contributed by atoms with E-state index in [9.17, 15) is 9.18 Å². The van der Waals surface area contributed by atoms with E-state index in [0.717, 1.165) is 11.1 Å². The summed E-state index contributed by atoms with van der Waals surface area (Å²) in [6, 6.07) is 11.8. The first kappa shape index (κ1) is 15.0. The predicted molar refractivity (Wildman–Crippen MR) is 81.1 cm³/mol. The summed E-state index contributed by atoms with van der Waals surface area (Å²) in [7, 11) is 1.58. The van der Waals surface area contributed by atoms with Crippen LogP contribution < -0.4 is 10.1 Å². The fraction of sp³-hybridized carbons (Fsp3) is 0.235. The van der Waals surface area contributed by atoms with Crippen molar-refractivity contribution in [1.82, 2.24) is 0 Å². The Labute approximate surface area is 123 Å². The van der Waals surface area contributed by atoms with Gasteiger partial charge >= 0.3 is 0 Å².